The molecule has 2 aromatic heterocycles. The highest BCUT2D eigenvalue weighted by Gasteiger charge is 2.20. The van der Waals surface area contributed by atoms with Crippen molar-refractivity contribution in [2.45, 2.75) is 38.8 Å². The minimum atomic E-state index is 0.527. The second-order valence-corrected chi connectivity index (χ2v) is 6.00. The number of hydrogen-bond donors (Lipinski definition) is 1. The molecule has 0 aromatic carbocycles. The third-order valence-electron chi connectivity index (χ3n) is 3.93. The number of nitrogens with one attached hydrogen (secondary N) is 1. The number of nitrogens with zero attached hydrogens (tertiary/aromatic N) is 2. The molecule has 0 saturated heterocycles. The maximum atomic E-state index is 4.29. The quantitative estimate of drug-likeness (QED) is 0.920. The first-order valence-corrected chi connectivity index (χ1v) is 7.41. The van der Waals surface area contributed by atoms with Crippen LogP contribution in [-0.2, 0) is 20.0 Å². The van der Waals surface area contributed by atoms with Crippen molar-refractivity contribution < 1.29 is 0 Å². The van der Waals surface area contributed by atoms with Crippen molar-refractivity contribution in [2.24, 2.45) is 7.05 Å². The zero-order valence-corrected chi connectivity index (χ0v) is 11.8. The first-order chi connectivity index (χ1) is 8.75. The lowest BCUT2D eigenvalue weighted by Gasteiger charge is -2.23. The third-order valence-corrected chi connectivity index (χ3v) is 4.92. The normalized spacial score (nSPS) is 18.9. The number of fused-ring (bicyclic) bond motifs is 1. The summed E-state index contributed by atoms with van der Waals surface area (Å²) >= 11 is 1.90. The SMILES string of the molecule is Cc1c(CNC2CCCc3sccc32)cnn1C. The fourth-order valence-corrected chi connectivity index (χ4v) is 3.64. The lowest BCUT2D eigenvalue weighted by molar-refractivity contribution is 0.462. The van der Waals surface area contributed by atoms with Gasteiger partial charge in [-0.3, -0.25) is 4.68 Å². The molecule has 3 nitrogen and oxygen atoms in total. The van der Waals surface area contributed by atoms with Crippen LogP contribution in [0, 0.1) is 6.92 Å². The summed E-state index contributed by atoms with van der Waals surface area (Å²) in [5.74, 6) is 0. The first-order valence-electron chi connectivity index (χ1n) is 6.53. The number of thiophene rings is 1. The Morgan fingerprint density at radius 1 is 1.56 bits per heavy atom. The standard InChI is InChI=1S/C14H19N3S/c1-10-11(9-16-17(10)2)8-15-13-4-3-5-14-12(13)6-7-18-14/h6-7,9,13,15H,3-5,8H2,1-2H3. The number of aryl methyl sites for hydroxylation is 2. The highest BCUT2D eigenvalue weighted by Crippen LogP contribution is 2.33. The molecule has 1 aliphatic carbocycles. The Morgan fingerprint density at radius 3 is 3.22 bits per heavy atom. The van der Waals surface area contributed by atoms with Crippen molar-refractivity contribution in [3.63, 3.8) is 0 Å². The van der Waals surface area contributed by atoms with Crippen LogP contribution in [0.4, 0.5) is 0 Å². The van der Waals surface area contributed by atoms with Gasteiger partial charge in [-0.15, -0.1) is 11.3 Å². The molecule has 1 aliphatic rings. The van der Waals surface area contributed by atoms with E-state index in [1.54, 1.807) is 4.88 Å². The molecule has 1 N–H and O–H groups in total. The van der Waals surface area contributed by atoms with Crippen LogP contribution >= 0.6 is 11.3 Å². The molecule has 1 unspecified atom stereocenters. The summed E-state index contributed by atoms with van der Waals surface area (Å²) in [7, 11) is 2.00. The van der Waals surface area contributed by atoms with Crippen LogP contribution in [0.1, 0.15) is 40.6 Å². The van der Waals surface area contributed by atoms with E-state index in [9.17, 15) is 0 Å². The second kappa shape index (κ2) is 4.86. The fourth-order valence-electron chi connectivity index (χ4n) is 2.65. The number of hydrogen-bond acceptors (Lipinski definition) is 3. The van der Waals surface area contributed by atoms with Crippen molar-refractivity contribution in [2.75, 3.05) is 0 Å². The van der Waals surface area contributed by atoms with Gasteiger partial charge < -0.3 is 5.32 Å². The van der Waals surface area contributed by atoms with Crippen LogP contribution < -0.4 is 5.32 Å². The predicted octanol–water partition coefficient (Wildman–Crippen LogP) is 2.96. The van der Waals surface area contributed by atoms with E-state index >= 15 is 0 Å². The van der Waals surface area contributed by atoms with Crippen LogP contribution in [0.5, 0.6) is 0 Å². The third kappa shape index (κ3) is 2.10. The Hall–Kier alpha value is -1.13. The van der Waals surface area contributed by atoms with Gasteiger partial charge in [-0.2, -0.15) is 5.10 Å². The van der Waals surface area contributed by atoms with Gasteiger partial charge in [-0.1, -0.05) is 0 Å². The van der Waals surface area contributed by atoms with Crippen LogP contribution in [-0.4, -0.2) is 9.78 Å². The highest BCUT2D eigenvalue weighted by atomic mass is 32.1. The van der Waals surface area contributed by atoms with Gasteiger partial charge in [0.2, 0.25) is 0 Å². The van der Waals surface area contributed by atoms with Crippen molar-refractivity contribution in [3.05, 3.63) is 39.3 Å². The van der Waals surface area contributed by atoms with Crippen molar-refractivity contribution in [1.82, 2.24) is 15.1 Å². The Kier molecular flexibility index (Phi) is 3.22. The van der Waals surface area contributed by atoms with E-state index in [-0.39, 0.29) is 0 Å². The van der Waals surface area contributed by atoms with E-state index in [1.165, 1.54) is 36.1 Å². The maximum Gasteiger partial charge on any atom is 0.0537 e. The van der Waals surface area contributed by atoms with Gasteiger partial charge in [0.15, 0.2) is 0 Å². The molecular weight excluding hydrogens is 242 g/mol. The Balaban J connectivity index is 1.70. The predicted molar refractivity (Wildman–Crippen MR) is 74.8 cm³/mol. The van der Waals surface area contributed by atoms with Gasteiger partial charge in [-0.25, -0.2) is 0 Å². The van der Waals surface area contributed by atoms with Crippen LogP contribution in [0.3, 0.4) is 0 Å². The molecule has 0 amide bonds. The second-order valence-electron chi connectivity index (χ2n) is 5.00. The van der Waals surface area contributed by atoms with E-state index in [2.05, 4.69) is 28.8 Å². The molecule has 2 aromatic rings. The van der Waals surface area contributed by atoms with Gasteiger partial charge in [-0.05, 0) is 43.2 Å². The lowest BCUT2D eigenvalue weighted by atomic mass is 9.94. The largest absolute Gasteiger partial charge is 0.306 e. The average molecular weight is 261 g/mol. The number of aromatic nitrogens is 2. The lowest BCUT2D eigenvalue weighted by Crippen LogP contribution is -2.24. The van der Waals surface area contributed by atoms with E-state index in [1.807, 2.05) is 29.3 Å². The highest BCUT2D eigenvalue weighted by molar-refractivity contribution is 7.10. The summed E-state index contributed by atoms with van der Waals surface area (Å²) in [6.45, 7) is 3.04. The van der Waals surface area contributed by atoms with Crippen molar-refractivity contribution >= 4 is 11.3 Å². The maximum absolute atomic E-state index is 4.29. The van der Waals surface area contributed by atoms with Gasteiger partial charge in [0.05, 0.1) is 6.20 Å². The molecule has 2 heterocycles. The topological polar surface area (TPSA) is 29.9 Å². The van der Waals surface area contributed by atoms with Gasteiger partial charge >= 0.3 is 0 Å². The number of rotatable bonds is 3. The molecule has 0 aliphatic heterocycles. The summed E-state index contributed by atoms with van der Waals surface area (Å²) in [6.07, 6.45) is 5.79. The Labute approximate surface area is 112 Å². The molecule has 1 atom stereocenters. The zero-order chi connectivity index (χ0) is 12.5. The zero-order valence-electron chi connectivity index (χ0n) is 10.9. The smallest absolute Gasteiger partial charge is 0.0537 e. The van der Waals surface area contributed by atoms with Gasteiger partial charge in [0, 0.05) is 35.8 Å². The average Bonchev–Trinajstić information content (AvgIpc) is 2.97. The minimum Gasteiger partial charge on any atom is -0.306 e. The fraction of sp³-hybridized carbons (Fsp3) is 0.500. The summed E-state index contributed by atoms with van der Waals surface area (Å²) < 4.78 is 1.94. The van der Waals surface area contributed by atoms with E-state index in [4.69, 9.17) is 0 Å². The molecule has 0 spiro atoms. The van der Waals surface area contributed by atoms with Gasteiger partial charge in [0.1, 0.15) is 0 Å². The monoisotopic (exact) mass is 261 g/mol. The Morgan fingerprint density at radius 2 is 2.44 bits per heavy atom. The summed E-state index contributed by atoms with van der Waals surface area (Å²) in [5.41, 5.74) is 4.08. The molecule has 0 bridgehead atoms. The molecule has 0 radical (unpaired) electrons. The van der Waals surface area contributed by atoms with E-state index < -0.39 is 0 Å². The molecular formula is C14H19N3S. The van der Waals surface area contributed by atoms with Crippen molar-refractivity contribution in [1.29, 1.82) is 0 Å². The molecule has 0 saturated carbocycles. The summed E-state index contributed by atoms with van der Waals surface area (Å²) in [6, 6.07) is 2.81. The molecule has 3 rings (SSSR count). The van der Waals surface area contributed by atoms with Crippen molar-refractivity contribution in [3.8, 4) is 0 Å². The molecule has 4 heteroatoms. The minimum absolute atomic E-state index is 0.527. The summed E-state index contributed by atoms with van der Waals surface area (Å²) in [5, 5.41) is 10.2. The summed E-state index contributed by atoms with van der Waals surface area (Å²) in [4.78, 5) is 1.57. The van der Waals surface area contributed by atoms with E-state index in [0.717, 1.165) is 6.54 Å². The Bertz CT molecular complexity index is 541. The molecule has 96 valence electrons. The van der Waals surface area contributed by atoms with Crippen LogP contribution in [0.2, 0.25) is 0 Å². The van der Waals surface area contributed by atoms with E-state index in [0.29, 0.717) is 6.04 Å². The molecule has 18 heavy (non-hydrogen) atoms. The van der Waals surface area contributed by atoms with Gasteiger partial charge in [0.25, 0.3) is 0 Å². The first kappa shape index (κ1) is 11.9. The molecule has 0 fully saturated rings. The van der Waals surface area contributed by atoms with Crippen LogP contribution in [0.25, 0.3) is 0 Å². The van der Waals surface area contributed by atoms with Crippen LogP contribution in [0.15, 0.2) is 17.6 Å².